The molecule has 1 nitrogen and oxygen atoms in total. The van der Waals surface area contributed by atoms with Crippen LogP contribution in [0.4, 0.5) is 5.69 Å². The molecule has 49 valence electrons. The number of rotatable bonds is 0. The fraction of sp³-hybridized carbons (Fsp3) is 0. The second kappa shape index (κ2) is 2.45. The highest BCUT2D eigenvalue weighted by molar-refractivity contribution is 5.51. The summed E-state index contributed by atoms with van der Waals surface area (Å²) >= 11 is 0. The van der Waals surface area contributed by atoms with E-state index in [4.69, 9.17) is 12.2 Å². The van der Waals surface area contributed by atoms with Crippen molar-refractivity contribution in [3.05, 3.63) is 36.2 Å². The molecule has 0 aliphatic carbocycles. The number of nitrogens with two attached hydrogens (primary N) is 1. The monoisotopic (exact) mass is 130 g/mol. The highest BCUT2D eigenvalue weighted by Gasteiger charge is 1.92. The number of hydrogen-bond donors (Lipinski definition) is 1. The van der Waals surface area contributed by atoms with Crippen molar-refractivity contribution in [2.75, 3.05) is 5.73 Å². The van der Waals surface area contributed by atoms with Gasteiger partial charge in [0, 0.05) is 11.3 Å². The molecule has 0 amide bonds. The number of benzene rings is 1. The molecule has 1 aromatic rings. The Bertz CT molecular complexity index is 281. The van der Waals surface area contributed by atoms with E-state index in [9.17, 15) is 0 Å². The zero-order chi connectivity index (χ0) is 7.56. The average molecular weight is 130 g/mol. The lowest BCUT2D eigenvalue weighted by atomic mass is 10.1. The van der Waals surface area contributed by atoms with Gasteiger partial charge < -0.3 is 5.73 Å². The molecule has 0 aliphatic rings. The van der Waals surface area contributed by atoms with E-state index in [0.29, 0.717) is 5.69 Å². The lowest BCUT2D eigenvalue weighted by molar-refractivity contribution is 1.56. The summed E-state index contributed by atoms with van der Waals surface area (Å²) in [5.41, 5.74) is 7.77. The van der Waals surface area contributed by atoms with Gasteiger partial charge in [0.05, 0.1) is 0 Å². The molecular weight excluding hydrogens is 122 g/mol. The summed E-state index contributed by atoms with van der Waals surface area (Å²) < 4.78 is 0. The van der Waals surface area contributed by atoms with E-state index in [0.717, 1.165) is 11.1 Å². The van der Waals surface area contributed by atoms with Crippen molar-refractivity contribution in [3.63, 3.8) is 0 Å². The lowest BCUT2D eigenvalue weighted by Gasteiger charge is -1.97. The summed E-state index contributed by atoms with van der Waals surface area (Å²) in [5, 5.41) is 0. The Morgan fingerprint density at radius 3 is 2.70 bits per heavy atom. The third-order valence-electron chi connectivity index (χ3n) is 1.29. The summed E-state index contributed by atoms with van der Waals surface area (Å²) in [7, 11) is 0. The minimum absolute atomic E-state index is 0.681. The lowest BCUT2D eigenvalue weighted by Crippen LogP contribution is -1.87. The minimum Gasteiger partial charge on any atom is -0.399 e. The van der Waals surface area contributed by atoms with Crippen LogP contribution in [-0.2, 0) is 0 Å². The molecule has 10 heavy (non-hydrogen) atoms. The molecule has 0 spiro atoms. The maximum Gasteiger partial charge on any atom is 0.0326 e. The standard InChI is InChI=1S/C9H8N/c1-3-8-6-9(10)5-4-7(8)2/h1,4-6H,2,10H2. The van der Waals surface area contributed by atoms with E-state index in [1.165, 1.54) is 0 Å². The number of hydrogen-bond acceptors (Lipinski definition) is 1. The van der Waals surface area contributed by atoms with Crippen molar-refractivity contribution < 1.29 is 0 Å². The van der Waals surface area contributed by atoms with Crippen LogP contribution in [0.5, 0.6) is 0 Å². The molecule has 1 aromatic carbocycles. The Balaban J connectivity index is 3.25. The molecule has 1 rings (SSSR count). The second-order valence-corrected chi connectivity index (χ2v) is 2.06. The molecule has 1 radical (unpaired) electrons. The molecule has 1 heteroatoms. The van der Waals surface area contributed by atoms with Gasteiger partial charge in [0.2, 0.25) is 0 Å². The van der Waals surface area contributed by atoms with Gasteiger partial charge >= 0.3 is 0 Å². The molecule has 0 atom stereocenters. The van der Waals surface area contributed by atoms with Gasteiger partial charge in [0.25, 0.3) is 0 Å². The fourth-order valence-electron chi connectivity index (χ4n) is 0.728. The molecule has 2 N–H and O–H groups in total. The van der Waals surface area contributed by atoms with Crippen LogP contribution in [0.3, 0.4) is 0 Å². The molecular formula is C9H8N. The highest BCUT2D eigenvalue weighted by Crippen LogP contribution is 2.10. The topological polar surface area (TPSA) is 26.0 Å². The molecule has 0 saturated carbocycles. The van der Waals surface area contributed by atoms with Gasteiger partial charge in [-0.15, -0.1) is 6.42 Å². The zero-order valence-corrected chi connectivity index (χ0v) is 5.59. The van der Waals surface area contributed by atoms with Crippen LogP contribution in [0.1, 0.15) is 11.1 Å². The van der Waals surface area contributed by atoms with E-state index in [2.05, 4.69) is 12.8 Å². The van der Waals surface area contributed by atoms with Gasteiger partial charge in [-0.1, -0.05) is 12.0 Å². The minimum atomic E-state index is 0.681. The van der Waals surface area contributed by atoms with Gasteiger partial charge in [0.15, 0.2) is 0 Å². The van der Waals surface area contributed by atoms with E-state index in [1.807, 2.05) is 6.07 Å². The SMILES string of the molecule is C#Cc1cc(N)ccc1[CH2]. The number of anilines is 1. The predicted molar refractivity (Wildman–Crippen MR) is 43.2 cm³/mol. The van der Waals surface area contributed by atoms with E-state index >= 15 is 0 Å². The summed E-state index contributed by atoms with van der Waals surface area (Å²) in [4.78, 5) is 0. The summed E-state index contributed by atoms with van der Waals surface area (Å²) in [6.45, 7) is 3.73. The molecule has 0 saturated heterocycles. The average Bonchev–Trinajstić information content (AvgIpc) is 1.94. The fourth-order valence-corrected chi connectivity index (χ4v) is 0.728. The van der Waals surface area contributed by atoms with Gasteiger partial charge in [0.1, 0.15) is 0 Å². The second-order valence-electron chi connectivity index (χ2n) is 2.06. The Hall–Kier alpha value is -1.42. The Labute approximate surface area is 60.9 Å². The van der Waals surface area contributed by atoms with Crippen LogP contribution in [0.2, 0.25) is 0 Å². The van der Waals surface area contributed by atoms with Crippen LogP contribution in [0.15, 0.2) is 18.2 Å². The molecule has 0 unspecified atom stereocenters. The summed E-state index contributed by atoms with van der Waals surface area (Å²) in [5.74, 6) is 2.49. The zero-order valence-electron chi connectivity index (χ0n) is 5.59. The number of terminal acetylenes is 1. The summed E-state index contributed by atoms with van der Waals surface area (Å²) in [6, 6.07) is 5.33. The normalized spacial score (nSPS) is 8.80. The smallest absolute Gasteiger partial charge is 0.0326 e. The first-order chi connectivity index (χ1) is 4.74. The third-order valence-corrected chi connectivity index (χ3v) is 1.29. The third kappa shape index (κ3) is 1.11. The molecule has 0 fully saturated rings. The molecule has 0 aliphatic heterocycles. The maximum absolute atomic E-state index is 5.48. The first-order valence-electron chi connectivity index (χ1n) is 2.92. The summed E-state index contributed by atoms with van der Waals surface area (Å²) in [6.07, 6.45) is 5.17. The van der Waals surface area contributed by atoms with Gasteiger partial charge in [-0.25, -0.2) is 0 Å². The largest absolute Gasteiger partial charge is 0.399 e. The van der Waals surface area contributed by atoms with Crippen LogP contribution in [0, 0.1) is 19.3 Å². The molecule has 0 heterocycles. The first-order valence-corrected chi connectivity index (χ1v) is 2.92. The van der Waals surface area contributed by atoms with Crippen molar-refractivity contribution in [1.82, 2.24) is 0 Å². The molecule has 0 aromatic heterocycles. The Kier molecular flexibility index (Phi) is 1.64. The maximum atomic E-state index is 5.48. The van der Waals surface area contributed by atoms with E-state index < -0.39 is 0 Å². The Morgan fingerprint density at radius 2 is 2.20 bits per heavy atom. The van der Waals surface area contributed by atoms with Crippen LogP contribution in [0.25, 0.3) is 0 Å². The van der Waals surface area contributed by atoms with Crippen LogP contribution < -0.4 is 5.73 Å². The number of nitrogen functional groups attached to an aromatic ring is 1. The van der Waals surface area contributed by atoms with Crippen LogP contribution >= 0.6 is 0 Å². The van der Waals surface area contributed by atoms with Crippen molar-refractivity contribution >= 4 is 5.69 Å². The highest BCUT2D eigenvalue weighted by atomic mass is 14.5. The van der Waals surface area contributed by atoms with E-state index in [1.54, 1.807) is 12.1 Å². The van der Waals surface area contributed by atoms with Crippen molar-refractivity contribution in [3.8, 4) is 12.3 Å². The van der Waals surface area contributed by atoms with Crippen molar-refractivity contribution in [2.45, 2.75) is 0 Å². The van der Waals surface area contributed by atoms with Gasteiger partial charge in [-0.05, 0) is 24.6 Å². The van der Waals surface area contributed by atoms with E-state index in [-0.39, 0.29) is 0 Å². The van der Waals surface area contributed by atoms with Crippen LogP contribution in [-0.4, -0.2) is 0 Å². The van der Waals surface area contributed by atoms with Gasteiger partial charge in [-0.2, -0.15) is 0 Å². The van der Waals surface area contributed by atoms with Crippen molar-refractivity contribution in [1.29, 1.82) is 0 Å². The van der Waals surface area contributed by atoms with Crippen molar-refractivity contribution in [2.24, 2.45) is 0 Å². The van der Waals surface area contributed by atoms with Gasteiger partial charge in [-0.3, -0.25) is 0 Å². The predicted octanol–water partition coefficient (Wildman–Crippen LogP) is 1.43. The quantitative estimate of drug-likeness (QED) is 0.417. The first kappa shape index (κ1) is 6.70. The Morgan fingerprint density at radius 1 is 1.50 bits per heavy atom. The molecule has 0 bridgehead atoms.